The number of rotatable bonds is 3. The third kappa shape index (κ3) is 7.56. The van der Waals surface area contributed by atoms with E-state index >= 15 is 0 Å². The molecule has 0 unspecified atom stereocenters. The zero-order valence-corrected chi connectivity index (χ0v) is 10.9. The first-order valence-corrected chi connectivity index (χ1v) is 5.42. The summed E-state index contributed by atoms with van der Waals surface area (Å²) >= 11 is 0. The summed E-state index contributed by atoms with van der Waals surface area (Å²) in [5, 5.41) is 0. The minimum atomic E-state index is -0.154. The third-order valence-electron chi connectivity index (χ3n) is 1.87. The van der Waals surface area contributed by atoms with Crippen LogP contribution in [0.25, 0.3) is 0 Å². The molecule has 0 aliphatic rings. The maximum atomic E-state index is 10.9. The Labute approximate surface area is 113 Å². The van der Waals surface area contributed by atoms with E-state index in [4.69, 9.17) is 4.74 Å². The molecule has 0 bridgehead atoms. The molecule has 0 saturated carbocycles. The summed E-state index contributed by atoms with van der Waals surface area (Å²) in [6, 6.07) is 17.2. The normalized spacial score (nSPS) is 8.53. The Hall–Kier alpha value is -1.31. The number of esters is 1. The van der Waals surface area contributed by atoms with Gasteiger partial charge in [0.1, 0.15) is 0 Å². The van der Waals surface area contributed by atoms with Gasteiger partial charge in [-0.1, -0.05) is 13.3 Å². The second kappa shape index (κ2) is 9.88. The van der Waals surface area contributed by atoms with Crippen LogP contribution in [0, 0.1) is 0 Å². The summed E-state index contributed by atoms with van der Waals surface area (Å²) < 4.78 is 4.96. The first kappa shape index (κ1) is 15.7. The van der Waals surface area contributed by atoms with E-state index < -0.39 is 0 Å². The fourth-order valence-electron chi connectivity index (χ4n) is 1.13. The number of carbonyl (C=O) groups excluding carboxylic acids is 1. The first-order valence-electron chi connectivity index (χ1n) is 5.42. The molecule has 0 aliphatic carbocycles. The third-order valence-corrected chi connectivity index (χ3v) is 1.87. The molecule has 2 rings (SSSR count). The van der Waals surface area contributed by atoms with Crippen LogP contribution < -0.4 is 4.74 Å². The van der Waals surface area contributed by atoms with Gasteiger partial charge in [0.25, 0.3) is 0 Å². The quantitative estimate of drug-likeness (QED) is 0.485. The Kier molecular flexibility index (Phi) is 9.12. The minimum absolute atomic E-state index is 0. The molecule has 2 aromatic rings. The molecule has 2 nitrogen and oxygen atoms in total. The Morgan fingerprint density at radius 3 is 2.00 bits per heavy atom. The predicted molar refractivity (Wildman–Crippen MR) is 64.6 cm³/mol. The van der Waals surface area contributed by atoms with E-state index in [-0.39, 0.29) is 23.0 Å². The summed E-state index contributed by atoms with van der Waals surface area (Å²) in [5.41, 5.74) is 0. The molecule has 0 N–H and O–H groups in total. The fraction of sp³-hybridized carbons (Fsp3) is 0.214. The predicted octanol–water partition coefficient (Wildman–Crippen LogP) is 3.51. The van der Waals surface area contributed by atoms with E-state index in [0.717, 1.165) is 6.42 Å². The molecule has 98 valence electrons. The van der Waals surface area contributed by atoms with Gasteiger partial charge in [-0.25, -0.2) is 0 Å². The summed E-state index contributed by atoms with van der Waals surface area (Å²) in [5.74, 6) is 0.488. The first-order chi connectivity index (χ1) is 7.83. The molecule has 0 amide bonds. The summed E-state index contributed by atoms with van der Waals surface area (Å²) in [6.45, 7) is 1.95. The van der Waals surface area contributed by atoms with Gasteiger partial charge in [0.15, 0.2) is 0 Å². The van der Waals surface area contributed by atoms with Gasteiger partial charge in [0, 0.05) is 29.2 Å². The smallest absolute Gasteiger partial charge is 0.233 e. The van der Waals surface area contributed by atoms with E-state index in [1.54, 1.807) is 12.1 Å². The van der Waals surface area contributed by atoms with Crippen molar-refractivity contribution in [1.82, 2.24) is 0 Å². The molecule has 0 atom stereocenters. The largest absolute Gasteiger partial charge is 0.748 e. The monoisotopic (exact) mass is 272 g/mol. The van der Waals surface area contributed by atoms with Gasteiger partial charge in [-0.3, -0.25) is 0 Å². The van der Waals surface area contributed by atoms with Crippen molar-refractivity contribution in [1.29, 1.82) is 0 Å². The molecule has 3 heteroatoms. The average Bonchev–Trinajstić information content (AvgIpc) is 2.92. The molecule has 2 aromatic carbocycles. The zero-order valence-electron chi connectivity index (χ0n) is 9.78. The van der Waals surface area contributed by atoms with Crippen molar-refractivity contribution < 1.29 is 26.6 Å². The molecule has 0 aliphatic heterocycles. The van der Waals surface area contributed by atoms with Crippen LogP contribution in [0.1, 0.15) is 19.8 Å². The topological polar surface area (TPSA) is 26.3 Å². The Bertz CT molecular complexity index is 346. The Morgan fingerprint density at radius 2 is 1.59 bits per heavy atom. The molecule has 0 aromatic heterocycles. The summed E-state index contributed by atoms with van der Waals surface area (Å²) in [7, 11) is 0. The molecule has 0 spiro atoms. The standard InChI is InChI=1S/C9H11O2.C5H5.Fe/c1-2-5-9(10)11-8-6-3-4-7-8;1-2-4-5-3-1;/h3-4,6-7H,2,5H2,1H3;1-5H;/q-1;-5;. The van der Waals surface area contributed by atoms with E-state index in [1.807, 2.05) is 49.4 Å². The molecule has 0 radical (unpaired) electrons. The molecule has 0 heterocycles. The van der Waals surface area contributed by atoms with E-state index in [9.17, 15) is 4.79 Å². The second-order valence-electron chi connectivity index (χ2n) is 3.31. The molecule has 0 fully saturated rings. The summed E-state index contributed by atoms with van der Waals surface area (Å²) in [6.07, 6.45) is 1.32. The van der Waals surface area contributed by atoms with Gasteiger partial charge in [0.05, 0.1) is 0 Å². The van der Waals surface area contributed by atoms with Gasteiger partial charge < -0.3 is 39.9 Å². The van der Waals surface area contributed by atoms with Crippen LogP contribution in [0.5, 0.6) is 5.75 Å². The van der Waals surface area contributed by atoms with Crippen LogP contribution in [-0.2, 0) is 21.9 Å². The van der Waals surface area contributed by atoms with Crippen molar-refractivity contribution in [2.75, 3.05) is 0 Å². The number of hydrogen-bond donors (Lipinski definition) is 0. The van der Waals surface area contributed by atoms with Crippen LogP contribution in [0.3, 0.4) is 0 Å². The van der Waals surface area contributed by atoms with Gasteiger partial charge in [-0.2, -0.15) is 12.1 Å². The van der Waals surface area contributed by atoms with Crippen molar-refractivity contribution in [3.63, 3.8) is 0 Å². The van der Waals surface area contributed by atoms with Crippen LogP contribution in [0.2, 0.25) is 0 Å². The van der Waals surface area contributed by atoms with Crippen molar-refractivity contribution in [2.45, 2.75) is 19.8 Å². The molecular weight excluding hydrogens is 256 g/mol. The molecular formula is C14H16FeO2-6. The van der Waals surface area contributed by atoms with Crippen LogP contribution in [0.4, 0.5) is 0 Å². The minimum Gasteiger partial charge on any atom is -0.748 e. The maximum absolute atomic E-state index is 10.9. The van der Waals surface area contributed by atoms with E-state index in [0.29, 0.717) is 12.2 Å². The maximum Gasteiger partial charge on any atom is 0.233 e. The van der Waals surface area contributed by atoms with Crippen molar-refractivity contribution in [3.8, 4) is 5.75 Å². The number of ether oxygens (including phenoxy) is 1. The van der Waals surface area contributed by atoms with Crippen LogP contribution >= 0.6 is 0 Å². The van der Waals surface area contributed by atoms with Gasteiger partial charge in [-0.05, 0) is 0 Å². The average molecular weight is 272 g/mol. The number of carbonyl (C=O) groups is 1. The van der Waals surface area contributed by atoms with Crippen molar-refractivity contribution in [3.05, 3.63) is 54.6 Å². The zero-order chi connectivity index (χ0) is 11.6. The molecule has 0 saturated heterocycles. The second-order valence-corrected chi connectivity index (χ2v) is 3.31. The van der Waals surface area contributed by atoms with Gasteiger partial charge in [-0.15, -0.1) is 12.1 Å². The van der Waals surface area contributed by atoms with Crippen LogP contribution in [-0.4, -0.2) is 5.97 Å². The van der Waals surface area contributed by atoms with E-state index in [2.05, 4.69) is 0 Å². The Balaban J connectivity index is 0.000000360. The van der Waals surface area contributed by atoms with E-state index in [1.165, 1.54) is 0 Å². The van der Waals surface area contributed by atoms with Crippen LogP contribution in [0.15, 0.2) is 54.6 Å². The number of hydrogen-bond acceptors (Lipinski definition) is 2. The van der Waals surface area contributed by atoms with Gasteiger partial charge >= 0.3 is 0 Å². The van der Waals surface area contributed by atoms with Crippen molar-refractivity contribution >= 4 is 5.97 Å². The van der Waals surface area contributed by atoms with Gasteiger partial charge in [0.2, 0.25) is 5.97 Å². The SMILES string of the molecule is CCCC(=O)O[c-]1cccc1.[Fe].[cH-]1[cH-][cH-][cH-][cH-]1. The summed E-state index contributed by atoms with van der Waals surface area (Å²) in [4.78, 5) is 10.9. The fourth-order valence-corrected chi connectivity index (χ4v) is 1.13. The molecule has 17 heavy (non-hydrogen) atoms. The van der Waals surface area contributed by atoms with Crippen molar-refractivity contribution in [2.24, 2.45) is 0 Å². The Morgan fingerprint density at radius 1 is 1.12 bits per heavy atom.